The third-order valence-corrected chi connectivity index (χ3v) is 2.32. The summed E-state index contributed by atoms with van der Waals surface area (Å²) in [7, 11) is 0. The van der Waals surface area contributed by atoms with E-state index in [2.05, 4.69) is 0 Å². The standard InChI is InChI=1S/C12H13FN2O2/c1-2-17-12(16)5-9-8(6-14)3-4-11(13)10(9)7-15/h3-4H,2,5-6,14H2,1H3. The van der Waals surface area contributed by atoms with Crippen molar-refractivity contribution in [1.82, 2.24) is 0 Å². The van der Waals surface area contributed by atoms with E-state index in [1.807, 2.05) is 0 Å². The molecule has 1 aromatic carbocycles. The van der Waals surface area contributed by atoms with E-state index in [9.17, 15) is 9.18 Å². The largest absolute Gasteiger partial charge is 0.466 e. The van der Waals surface area contributed by atoms with Crippen LogP contribution in [0.25, 0.3) is 0 Å². The molecule has 0 bridgehead atoms. The van der Waals surface area contributed by atoms with Crippen molar-refractivity contribution in [2.45, 2.75) is 19.9 Å². The second kappa shape index (κ2) is 5.97. The molecule has 0 unspecified atom stereocenters. The Bertz CT molecular complexity index is 466. The number of carbonyl (C=O) groups is 1. The van der Waals surface area contributed by atoms with E-state index >= 15 is 0 Å². The van der Waals surface area contributed by atoms with E-state index in [0.717, 1.165) is 0 Å². The summed E-state index contributed by atoms with van der Waals surface area (Å²) in [5.41, 5.74) is 6.25. The first-order valence-electron chi connectivity index (χ1n) is 5.20. The average molecular weight is 236 g/mol. The summed E-state index contributed by atoms with van der Waals surface area (Å²) in [6, 6.07) is 4.40. The predicted molar refractivity (Wildman–Crippen MR) is 59.3 cm³/mol. The molecule has 0 aliphatic carbocycles. The number of hydrogen-bond donors (Lipinski definition) is 1. The van der Waals surface area contributed by atoms with Crippen molar-refractivity contribution < 1.29 is 13.9 Å². The van der Waals surface area contributed by atoms with Gasteiger partial charge in [0, 0.05) is 6.54 Å². The van der Waals surface area contributed by atoms with Gasteiger partial charge in [0.25, 0.3) is 0 Å². The van der Waals surface area contributed by atoms with Gasteiger partial charge in [-0.2, -0.15) is 5.26 Å². The maximum Gasteiger partial charge on any atom is 0.310 e. The minimum absolute atomic E-state index is 0.138. The number of halogens is 1. The van der Waals surface area contributed by atoms with Gasteiger partial charge in [0.1, 0.15) is 11.9 Å². The molecular weight excluding hydrogens is 223 g/mol. The fraction of sp³-hybridized carbons (Fsp3) is 0.333. The minimum Gasteiger partial charge on any atom is -0.466 e. The molecule has 0 saturated carbocycles. The molecule has 0 aliphatic heterocycles. The smallest absolute Gasteiger partial charge is 0.310 e. The lowest BCUT2D eigenvalue weighted by Gasteiger charge is -2.10. The van der Waals surface area contributed by atoms with Crippen molar-refractivity contribution in [2.75, 3.05) is 6.61 Å². The van der Waals surface area contributed by atoms with E-state index in [-0.39, 0.29) is 25.1 Å². The van der Waals surface area contributed by atoms with E-state index < -0.39 is 11.8 Å². The van der Waals surface area contributed by atoms with Gasteiger partial charge in [-0.15, -0.1) is 0 Å². The summed E-state index contributed by atoms with van der Waals surface area (Å²) in [5.74, 6) is -1.15. The molecular formula is C12H13FN2O2. The Balaban J connectivity index is 3.15. The van der Waals surface area contributed by atoms with Gasteiger partial charge in [-0.05, 0) is 24.1 Å². The fourth-order valence-corrected chi connectivity index (χ4v) is 1.53. The van der Waals surface area contributed by atoms with E-state index in [0.29, 0.717) is 11.1 Å². The number of nitriles is 1. The maximum absolute atomic E-state index is 13.4. The third-order valence-electron chi connectivity index (χ3n) is 2.32. The van der Waals surface area contributed by atoms with E-state index in [1.165, 1.54) is 12.1 Å². The van der Waals surface area contributed by atoms with Crippen LogP contribution in [0.2, 0.25) is 0 Å². The van der Waals surface area contributed by atoms with Crippen molar-refractivity contribution in [3.8, 4) is 6.07 Å². The summed E-state index contributed by atoms with van der Waals surface area (Å²) in [4.78, 5) is 11.4. The Morgan fingerprint density at radius 3 is 2.82 bits per heavy atom. The first-order valence-corrected chi connectivity index (χ1v) is 5.20. The second-order valence-corrected chi connectivity index (χ2v) is 3.36. The zero-order chi connectivity index (χ0) is 12.8. The number of hydrogen-bond acceptors (Lipinski definition) is 4. The second-order valence-electron chi connectivity index (χ2n) is 3.36. The molecule has 0 atom stereocenters. The first-order chi connectivity index (χ1) is 8.13. The topological polar surface area (TPSA) is 76.1 Å². The van der Waals surface area contributed by atoms with Gasteiger partial charge in [-0.1, -0.05) is 6.07 Å². The first kappa shape index (κ1) is 13.1. The van der Waals surface area contributed by atoms with Crippen LogP contribution in [0, 0.1) is 17.1 Å². The average Bonchev–Trinajstić information content (AvgIpc) is 2.30. The van der Waals surface area contributed by atoms with Gasteiger partial charge in [0.15, 0.2) is 0 Å². The van der Waals surface area contributed by atoms with Gasteiger partial charge in [-0.25, -0.2) is 4.39 Å². The molecule has 0 fully saturated rings. The molecule has 2 N–H and O–H groups in total. The number of nitrogens with zero attached hydrogens (tertiary/aromatic N) is 1. The Morgan fingerprint density at radius 2 is 2.29 bits per heavy atom. The van der Waals surface area contributed by atoms with Crippen LogP contribution in [0.15, 0.2) is 12.1 Å². The van der Waals surface area contributed by atoms with Crippen LogP contribution < -0.4 is 5.73 Å². The van der Waals surface area contributed by atoms with E-state index in [4.69, 9.17) is 15.7 Å². The van der Waals surface area contributed by atoms with Crippen molar-refractivity contribution >= 4 is 5.97 Å². The molecule has 0 aromatic heterocycles. The molecule has 0 saturated heterocycles. The zero-order valence-electron chi connectivity index (χ0n) is 9.50. The van der Waals surface area contributed by atoms with E-state index in [1.54, 1.807) is 13.0 Å². The number of benzene rings is 1. The highest BCUT2D eigenvalue weighted by Crippen LogP contribution is 2.18. The Morgan fingerprint density at radius 1 is 1.59 bits per heavy atom. The fourth-order valence-electron chi connectivity index (χ4n) is 1.53. The summed E-state index contributed by atoms with van der Waals surface area (Å²) in [6.07, 6.45) is -0.138. The molecule has 4 nitrogen and oxygen atoms in total. The van der Waals surface area contributed by atoms with Crippen molar-refractivity contribution in [2.24, 2.45) is 5.73 Å². The van der Waals surface area contributed by atoms with Crippen molar-refractivity contribution in [3.05, 3.63) is 34.6 Å². The Hall–Kier alpha value is -1.93. The molecule has 0 amide bonds. The minimum atomic E-state index is -0.649. The van der Waals surface area contributed by atoms with Gasteiger partial charge in [0.2, 0.25) is 0 Å². The van der Waals surface area contributed by atoms with Crippen molar-refractivity contribution in [3.63, 3.8) is 0 Å². The molecule has 1 rings (SSSR count). The van der Waals surface area contributed by atoms with Gasteiger partial charge >= 0.3 is 5.97 Å². The number of nitrogens with two attached hydrogens (primary N) is 1. The Labute approximate surface area is 98.8 Å². The summed E-state index contributed by atoms with van der Waals surface area (Å²) in [5, 5.41) is 8.88. The van der Waals surface area contributed by atoms with Crippen LogP contribution in [0.3, 0.4) is 0 Å². The summed E-state index contributed by atoms with van der Waals surface area (Å²) < 4.78 is 18.2. The summed E-state index contributed by atoms with van der Waals surface area (Å²) in [6.45, 7) is 2.07. The number of ether oxygens (including phenoxy) is 1. The molecule has 0 aliphatic rings. The van der Waals surface area contributed by atoms with Crippen LogP contribution in [-0.4, -0.2) is 12.6 Å². The molecule has 17 heavy (non-hydrogen) atoms. The SMILES string of the molecule is CCOC(=O)Cc1c(CN)ccc(F)c1C#N. The quantitative estimate of drug-likeness (QED) is 0.798. The Kier molecular flexibility index (Phi) is 4.61. The molecule has 90 valence electrons. The van der Waals surface area contributed by atoms with Crippen molar-refractivity contribution in [1.29, 1.82) is 5.26 Å². The molecule has 0 radical (unpaired) electrons. The normalized spacial score (nSPS) is 9.76. The molecule has 1 aromatic rings. The van der Waals surface area contributed by atoms with Gasteiger partial charge in [0.05, 0.1) is 18.6 Å². The van der Waals surface area contributed by atoms with Gasteiger partial charge < -0.3 is 10.5 Å². The van der Waals surface area contributed by atoms with Crippen LogP contribution in [0.4, 0.5) is 4.39 Å². The lowest BCUT2D eigenvalue weighted by atomic mass is 9.98. The van der Waals surface area contributed by atoms with Crippen LogP contribution in [0.5, 0.6) is 0 Å². The van der Waals surface area contributed by atoms with Crippen LogP contribution >= 0.6 is 0 Å². The van der Waals surface area contributed by atoms with Crippen LogP contribution in [-0.2, 0) is 22.5 Å². The number of carbonyl (C=O) groups excluding carboxylic acids is 1. The number of esters is 1. The highest BCUT2D eigenvalue weighted by molar-refractivity contribution is 5.74. The highest BCUT2D eigenvalue weighted by atomic mass is 19.1. The van der Waals surface area contributed by atoms with Gasteiger partial charge in [-0.3, -0.25) is 4.79 Å². The predicted octanol–water partition coefficient (Wildman–Crippen LogP) is 1.26. The maximum atomic E-state index is 13.4. The number of rotatable bonds is 4. The van der Waals surface area contributed by atoms with Crippen LogP contribution in [0.1, 0.15) is 23.6 Å². The highest BCUT2D eigenvalue weighted by Gasteiger charge is 2.16. The molecule has 0 heterocycles. The summed E-state index contributed by atoms with van der Waals surface area (Å²) >= 11 is 0. The lowest BCUT2D eigenvalue weighted by Crippen LogP contribution is -2.13. The zero-order valence-corrected chi connectivity index (χ0v) is 9.50. The molecule has 0 spiro atoms. The third kappa shape index (κ3) is 3.02. The monoisotopic (exact) mass is 236 g/mol. The lowest BCUT2D eigenvalue weighted by molar-refractivity contribution is -0.142. The molecule has 5 heteroatoms.